The van der Waals surface area contributed by atoms with E-state index in [1.54, 1.807) is 12.1 Å². The van der Waals surface area contributed by atoms with Gasteiger partial charge in [0.25, 0.3) is 0 Å². The summed E-state index contributed by atoms with van der Waals surface area (Å²) in [6.07, 6.45) is 2.56. The van der Waals surface area contributed by atoms with E-state index in [-0.39, 0.29) is 12.7 Å². The molecule has 0 radical (unpaired) electrons. The lowest BCUT2D eigenvalue weighted by Crippen LogP contribution is -2.30. The van der Waals surface area contributed by atoms with E-state index in [4.69, 9.17) is 69.5 Å². The first-order chi connectivity index (χ1) is 40.8. The number of hydrogen-bond donors (Lipinski definition) is 2. The van der Waals surface area contributed by atoms with E-state index in [9.17, 15) is 0 Å². The first-order valence-corrected chi connectivity index (χ1v) is 28.3. The van der Waals surface area contributed by atoms with E-state index < -0.39 is 7.12 Å². The second-order valence-electron chi connectivity index (χ2n) is 19.7. The van der Waals surface area contributed by atoms with Crippen molar-refractivity contribution in [2.24, 2.45) is 0 Å². The van der Waals surface area contributed by atoms with Crippen LogP contribution in [0.5, 0.6) is 0 Å². The molecule has 1 fully saturated rings. The van der Waals surface area contributed by atoms with Crippen molar-refractivity contribution in [2.45, 2.75) is 20.3 Å². The zero-order chi connectivity index (χ0) is 56.7. The molecule has 1 aliphatic rings. The fourth-order valence-electron chi connectivity index (χ4n) is 10.5. The quantitative estimate of drug-likeness (QED) is 0.124. The molecule has 1 saturated heterocycles. The van der Waals surface area contributed by atoms with E-state index in [1.165, 1.54) is 34.4 Å². The van der Waals surface area contributed by atoms with Crippen LogP contribution in [0.2, 0.25) is 15.3 Å². The van der Waals surface area contributed by atoms with Crippen LogP contribution in [0.3, 0.4) is 0 Å². The van der Waals surface area contributed by atoms with E-state index in [2.05, 4.69) is 107 Å². The maximum atomic E-state index is 9.13. The summed E-state index contributed by atoms with van der Waals surface area (Å²) in [7, 11) is -1.46. The number of ether oxygens (including phenoxy) is 1. The Morgan fingerprint density at radius 3 is 1.14 bits per heavy atom. The highest BCUT2D eigenvalue weighted by Crippen LogP contribution is 2.38. The van der Waals surface area contributed by atoms with E-state index >= 15 is 0 Å². The average Bonchev–Trinajstić information content (AvgIpc) is 2.86. The predicted octanol–water partition coefficient (Wildman–Crippen LogP) is 17.8. The zero-order valence-electron chi connectivity index (χ0n) is 44.6. The summed E-state index contributed by atoms with van der Waals surface area (Å²) in [4.78, 5) is 28.5. The summed E-state index contributed by atoms with van der Waals surface area (Å²) < 4.78 is 4.94. The minimum absolute atomic E-state index is 0. The minimum atomic E-state index is -1.46. The summed E-state index contributed by atoms with van der Waals surface area (Å²) in [5, 5.41) is 32.6. The molecule has 0 bridgehead atoms. The second kappa shape index (κ2) is 26.1. The Balaban J connectivity index is 0.000000136. The Bertz CT molecular complexity index is 4640. The molecule has 3 heterocycles. The molecule has 14 aromatic rings. The smallest absolute Gasteiger partial charge is 0.423 e. The molecule has 410 valence electrons. The van der Waals surface area contributed by atoms with E-state index in [0.29, 0.717) is 44.6 Å². The van der Waals surface area contributed by atoms with Crippen LogP contribution >= 0.6 is 34.8 Å². The van der Waals surface area contributed by atoms with Crippen LogP contribution < -0.4 is 5.46 Å². The van der Waals surface area contributed by atoms with Gasteiger partial charge in [0.2, 0.25) is 5.28 Å². The zero-order valence-corrected chi connectivity index (χ0v) is 46.9. The lowest BCUT2D eigenvalue weighted by molar-refractivity contribution is 0.198. The topological polar surface area (TPSA) is 127 Å². The number of halogens is 3. The van der Waals surface area contributed by atoms with E-state index in [1.807, 2.05) is 133 Å². The van der Waals surface area contributed by atoms with Gasteiger partial charge < -0.3 is 14.8 Å². The number of hydrogen-bond acceptors (Lipinski definition) is 9. The SMILES string of the molecule is C.C1CCOC1.Clc1ccc(-c2nc(-c3ccccc3)nc(-c3cc4ccccc4c4ccccc34)n2)c2ccccc12.Clc1nc(-c2ccccc2)nc(-c2cc3ccccc3c3ccccc23)n1.OB(O)c1ccc(Cl)c2ccccc12. The van der Waals surface area contributed by atoms with Crippen LogP contribution in [-0.2, 0) is 4.74 Å². The highest BCUT2D eigenvalue weighted by atomic mass is 35.5. The lowest BCUT2D eigenvalue weighted by Gasteiger charge is -2.13. The highest BCUT2D eigenvalue weighted by Gasteiger charge is 2.19. The highest BCUT2D eigenvalue weighted by molar-refractivity contribution is 6.62. The van der Waals surface area contributed by atoms with Crippen LogP contribution in [0.4, 0.5) is 0 Å². The standard InChI is InChI=1S/C33H20ClN3.C23H14ClN3.C10H8BClO2.C4H8O.CH4/c34-30-19-18-28(26-16-8-9-17-27(26)30)32-35-31(21-10-2-1-3-11-21)36-33(37-32)29-20-22-12-4-5-13-23(22)24-14-6-7-15-25(24)29;24-23-26-21(15-8-2-1-3-9-15)25-22(27-23)20-14-16-10-4-5-11-17(16)18-12-6-7-13-19(18)20;12-10-6-5-9(11(13)14)7-3-1-2-4-8(7)10;1-2-4-5-3-1;/h1-20H;1-14H;1-6,13-14H;1-4H2;1H4. The van der Waals surface area contributed by atoms with Crippen molar-refractivity contribution in [3.63, 3.8) is 0 Å². The molecule has 2 aromatic heterocycles. The van der Waals surface area contributed by atoms with Crippen LogP contribution in [0.15, 0.2) is 243 Å². The third-order valence-corrected chi connectivity index (χ3v) is 15.3. The van der Waals surface area contributed by atoms with Gasteiger partial charge in [-0.25, -0.2) is 19.9 Å². The molecule has 0 atom stereocenters. The molecule has 0 saturated carbocycles. The number of aromatic nitrogens is 6. The van der Waals surface area contributed by atoms with Gasteiger partial charge in [-0.05, 0) is 119 Å². The average molecular weight is 1160 g/mol. The van der Waals surface area contributed by atoms with Crippen molar-refractivity contribution in [3.8, 4) is 56.9 Å². The van der Waals surface area contributed by atoms with Gasteiger partial charge >= 0.3 is 7.12 Å². The summed E-state index contributed by atoms with van der Waals surface area (Å²) in [6, 6.07) is 80.3. The van der Waals surface area contributed by atoms with Crippen LogP contribution in [0.1, 0.15) is 20.3 Å². The summed E-state index contributed by atoms with van der Waals surface area (Å²) in [5.74, 6) is 3.05. The first-order valence-electron chi connectivity index (χ1n) is 27.1. The molecule has 84 heavy (non-hydrogen) atoms. The second-order valence-corrected chi connectivity index (χ2v) is 20.8. The maximum Gasteiger partial charge on any atom is 0.489 e. The predicted molar refractivity (Wildman–Crippen MR) is 350 cm³/mol. The summed E-state index contributed by atoms with van der Waals surface area (Å²) >= 11 is 18.8. The number of benzene rings is 12. The molecule has 0 unspecified atom stereocenters. The monoisotopic (exact) mass is 1150 g/mol. The van der Waals surface area contributed by atoms with Crippen LogP contribution in [-0.4, -0.2) is 60.3 Å². The van der Waals surface area contributed by atoms with Gasteiger partial charge in [-0.15, -0.1) is 0 Å². The van der Waals surface area contributed by atoms with E-state index in [0.717, 1.165) is 84.1 Å². The van der Waals surface area contributed by atoms with Gasteiger partial charge in [0, 0.05) is 56.5 Å². The molecule has 0 spiro atoms. The van der Waals surface area contributed by atoms with Crippen molar-refractivity contribution >= 4 is 112 Å². The van der Waals surface area contributed by atoms with Crippen LogP contribution in [0.25, 0.3) is 122 Å². The van der Waals surface area contributed by atoms with Gasteiger partial charge in [0.1, 0.15) is 0 Å². The maximum absolute atomic E-state index is 9.13. The fourth-order valence-corrected chi connectivity index (χ4v) is 11.1. The van der Waals surface area contributed by atoms with Gasteiger partial charge in [0.15, 0.2) is 29.1 Å². The number of rotatable bonds is 6. The normalized spacial score (nSPS) is 11.8. The molecule has 12 aromatic carbocycles. The largest absolute Gasteiger partial charge is 0.489 e. The molecular weight excluding hydrogens is 1100 g/mol. The molecule has 2 N–H and O–H groups in total. The van der Waals surface area contributed by atoms with Crippen molar-refractivity contribution < 1.29 is 14.8 Å². The Hall–Kier alpha value is -8.97. The summed E-state index contributed by atoms with van der Waals surface area (Å²) in [6.45, 7) is 2.00. The fraction of sp³-hybridized carbons (Fsp3) is 0.0704. The molecule has 9 nitrogen and oxygen atoms in total. The molecule has 15 rings (SSSR count). The van der Waals surface area contributed by atoms with Crippen molar-refractivity contribution in [2.75, 3.05) is 13.2 Å². The van der Waals surface area contributed by atoms with Crippen LogP contribution in [0, 0.1) is 0 Å². The number of nitrogens with zero attached hydrogens (tertiary/aromatic N) is 6. The molecular formula is C71H54BCl3N6O3. The Morgan fingerprint density at radius 1 is 0.321 bits per heavy atom. The molecule has 13 heteroatoms. The Labute approximate surface area is 502 Å². The van der Waals surface area contributed by atoms with Gasteiger partial charge in [-0.2, -0.15) is 9.97 Å². The van der Waals surface area contributed by atoms with Crippen molar-refractivity contribution in [1.29, 1.82) is 0 Å². The first kappa shape index (κ1) is 56.9. The molecule has 0 aliphatic carbocycles. The Kier molecular flexibility index (Phi) is 17.7. The van der Waals surface area contributed by atoms with Gasteiger partial charge in [0.05, 0.1) is 0 Å². The van der Waals surface area contributed by atoms with Crippen molar-refractivity contribution in [3.05, 3.63) is 258 Å². The van der Waals surface area contributed by atoms with Crippen molar-refractivity contribution in [1.82, 2.24) is 29.9 Å². The Morgan fingerprint density at radius 2 is 0.667 bits per heavy atom. The summed E-state index contributed by atoms with van der Waals surface area (Å²) in [5.41, 5.74) is 5.18. The van der Waals surface area contributed by atoms with Gasteiger partial charge in [-0.3, -0.25) is 0 Å². The molecule has 0 amide bonds. The number of fused-ring (bicyclic) bond motifs is 8. The molecule has 1 aliphatic heterocycles. The van der Waals surface area contributed by atoms with Gasteiger partial charge in [-0.1, -0.05) is 243 Å². The third kappa shape index (κ3) is 12.2. The third-order valence-electron chi connectivity index (χ3n) is 14.4. The lowest BCUT2D eigenvalue weighted by atomic mass is 9.77. The minimum Gasteiger partial charge on any atom is -0.423 e.